The summed E-state index contributed by atoms with van der Waals surface area (Å²) >= 11 is 6.18. The van der Waals surface area contributed by atoms with E-state index in [1.807, 2.05) is 12.1 Å². The van der Waals surface area contributed by atoms with Crippen LogP contribution in [0.25, 0.3) is 0 Å². The maximum Gasteiger partial charge on any atom is 0.123 e. The van der Waals surface area contributed by atoms with Gasteiger partial charge in [-0.2, -0.15) is 0 Å². The van der Waals surface area contributed by atoms with E-state index in [1.165, 1.54) is 16.7 Å². The van der Waals surface area contributed by atoms with Crippen molar-refractivity contribution in [1.29, 1.82) is 0 Å². The Kier molecular flexibility index (Phi) is 15.2. The molecule has 0 aliphatic carbocycles. The van der Waals surface area contributed by atoms with E-state index < -0.39 is 0 Å². The predicted molar refractivity (Wildman–Crippen MR) is 144 cm³/mol. The van der Waals surface area contributed by atoms with Crippen molar-refractivity contribution in [3.8, 4) is 5.75 Å². The van der Waals surface area contributed by atoms with Crippen LogP contribution in [-0.4, -0.2) is 19.7 Å². The third-order valence-electron chi connectivity index (χ3n) is 5.13. The van der Waals surface area contributed by atoms with Gasteiger partial charge >= 0.3 is 0 Å². The number of nitrogens with one attached hydrogen (secondary N) is 2. The van der Waals surface area contributed by atoms with E-state index in [2.05, 4.69) is 61.7 Å². The minimum Gasteiger partial charge on any atom is -0.496 e. The molecule has 1 fully saturated rings. The summed E-state index contributed by atoms with van der Waals surface area (Å²) in [5.41, 5.74) is 3.89. The summed E-state index contributed by atoms with van der Waals surface area (Å²) in [4.78, 5) is 0. The number of rotatable bonds is 5. The van der Waals surface area contributed by atoms with Crippen molar-refractivity contribution < 1.29 is 4.74 Å². The van der Waals surface area contributed by atoms with Crippen LogP contribution in [0, 0.1) is 0 Å². The number of ether oxygens (including phenoxy) is 1. The molecule has 0 amide bonds. The topological polar surface area (TPSA) is 33.3 Å². The molecule has 3 nitrogen and oxygen atoms in total. The van der Waals surface area contributed by atoms with Crippen molar-refractivity contribution >= 4 is 70.4 Å². The van der Waals surface area contributed by atoms with Crippen LogP contribution in [-0.2, 0) is 12.0 Å². The average Bonchev–Trinajstić information content (AvgIpc) is 3.07. The summed E-state index contributed by atoms with van der Waals surface area (Å²) in [6.07, 6.45) is 1.10. The van der Waals surface area contributed by atoms with Gasteiger partial charge in [-0.3, -0.25) is 0 Å². The third-order valence-corrected chi connectivity index (χ3v) is 5.37. The molecule has 1 aliphatic heterocycles. The molecule has 8 heteroatoms. The quantitative estimate of drug-likeness (QED) is 0.391. The molecule has 30 heavy (non-hydrogen) atoms. The molecule has 0 bridgehead atoms. The Balaban J connectivity index is 0. The first kappa shape index (κ1) is 32.2. The van der Waals surface area contributed by atoms with Crippen molar-refractivity contribution in [1.82, 2.24) is 10.6 Å². The lowest BCUT2D eigenvalue weighted by molar-refractivity contribution is 0.400. The Morgan fingerprint density at radius 3 is 2.40 bits per heavy atom. The molecule has 0 aromatic heterocycles. The van der Waals surface area contributed by atoms with Crippen molar-refractivity contribution in [2.45, 2.75) is 51.2 Å². The monoisotopic (exact) mass is 604 g/mol. The summed E-state index contributed by atoms with van der Waals surface area (Å²) in [7, 11) is 1.74. The summed E-state index contributed by atoms with van der Waals surface area (Å²) in [6.45, 7) is 8.51. The first-order chi connectivity index (χ1) is 12.4. The summed E-state index contributed by atoms with van der Waals surface area (Å²) < 4.78 is 5.58. The fourth-order valence-corrected chi connectivity index (χ4v) is 3.80. The zero-order chi connectivity index (χ0) is 18.7. The highest BCUT2D eigenvalue weighted by molar-refractivity contribution is 8.93. The van der Waals surface area contributed by atoms with Gasteiger partial charge in [0.2, 0.25) is 0 Å². The highest BCUT2D eigenvalue weighted by atomic mass is 79.9. The van der Waals surface area contributed by atoms with Gasteiger partial charge in [-0.05, 0) is 47.7 Å². The van der Waals surface area contributed by atoms with Gasteiger partial charge in [0, 0.05) is 29.2 Å². The molecule has 0 spiro atoms. The molecule has 2 aromatic rings. The number of methoxy groups -OCH3 is 1. The Bertz CT molecular complexity index is 772. The number of halogens is 5. The molecule has 0 unspecified atom stereocenters. The maximum absolute atomic E-state index is 6.18. The SMILES string of the molecule is Br.Br.COc1ccc(C(C)(C)C)cc1CN[C@H]1CCN[C@H]1c1cccc(Cl)c1.Cl.Cl. The summed E-state index contributed by atoms with van der Waals surface area (Å²) in [5.74, 6) is 0.941. The van der Waals surface area contributed by atoms with Crippen LogP contribution in [0.4, 0.5) is 0 Å². The van der Waals surface area contributed by atoms with Crippen LogP contribution in [0.5, 0.6) is 5.75 Å². The maximum atomic E-state index is 6.18. The predicted octanol–water partition coefficient (Wildman–Crippen LogP) is 6.84. The smallest absolute Gasteiger partial charge is 0.123 e. The fraction of sp³-hybridized carbons (Fsp3) is 0.455. The molecule has 2 N–H and O–H groups in total. The zero-order valence-corrected chi connectivity index (χ0v) is 23.6. The number of benzene rings is 2. The van der Waals surface area contributed by atoms with Gasteiger partial charge in [-0.15, -0.1) is 58.8 Å². The Labute approximate surface area is 219 Å². The van der Waals surface area contributed by atoms with E-state index in [0.717, 1.165) is 30.3 Å². The molecule has 0 radical (unpaired) electrons. The molecule has 1 saturated heterocycles. The van der Waals surface area contributed by atoms with Crippen LogP contribution < -0.4 is 15.4 Å². The van der Waals surface area contributed by atoms with Gasteiger partial charge in [0.1, 0.15) is 5.75 Å². The second kappa shape index (κ2) is 14.2. The van der Waals surface area contributed by atoms with Crippen molar-refractivity contribution in [3.63, 3.8) is 0 Å². The van der Waals surface area contributed by atoms with E-state index in [4.69, 9.17) is 16.3 Å². The minimum atomic E-state index is 0. The zero-order valence-electron chi connectivity index (χ0n) is 17.7. The van der Waals surface area contributed by atoms with Crippen LogP contribution in [0.2, 0.25) is 5.02 Å². The van der Waals surface area contributed by atoms with Gasteiger partial charge < -0.3 is 15.4 Å². The summed E-state index contributed by atoms with van der Waals surface area (Å²) in [5, 5.41) is 8.12. The number of hydrogen-bond donors (Lipinski definition) is 2. The first-order valence-corrected chi connectivity index (χ1v) is 9.66. The molecule has 1 heterocycles. The highest BCUT2D eigenvalue weighted by Gasteiger charge is 2.28. The Hall–Kier alpha value is -0.0100. The largest absolute Gasteiger partial charge is 0.496 e. The lowest BCUT2D eigenvalue weighted by atomic mass is 9.86. The van der Waals surface area contributed by atoms with Crippen LogP contribution in [0.1, 0.15) is 49.9 Å². The second-order valence-corrected chi connectivity index (χ2v) is 8.48. The van der Waals surface area contributed by atoms with E-state index in [1.54, 1.807) is 7.11 Å². The molecule has 2 aromatic carbocycles. The molecule has 172 valence electrons. The molecule has 1 aliphatic rings. The van der Waals surface area contributed by atoms with Crippen LogP contribution in [0.3, 0.4) is 0 Å². The van der Waals surface area contributed by atoms with Crippen molar-refractivity contribution in [3.05, 3.63) is 64.2 Å². The fourth-order valence-electron chi connectivity index (χ4n) is 3.60. The normalized spacial score (nSPS) is 17.6. The third kappa shape index (κ3) is 8.16. The minimum absolute atomic E-state index is 0. The van der Waals surface area contributed by atoms with Crippen molar-refractivity contribution in [2.75, 3.05) is 13.7 Å². The van der Waals surface area contributed by atoms with Crippen LogP contribution in [0.15, 0.2) is 42.5 Å². The van der Waals surface area contributed by atoms with Gasteiger partial charge in [0.25, 0.3) is 0 Å². The number of hydrogen-bond acceptors (Lipinski definition) is 3. The van der Waals surface area contributed by atoms with Gasteiger partial charge in [0.15, 0.2) is 0 Å². The molecule has 0 saturated carbocycles. The van der Waals surface area contributed by atoms with E-state index in [9.17, 15) is 0 Å². The van der Waals surface area contributed by atoms with E-state index in [-0.39, 0.29) is 70.2 Å². The van der Waals surface area contributed by atoms with Gasteiger partial charge in [0.05, 0.1) is 7.11 Å². The Morgan fingerprint density at radius 2 is 1.80 bits per heavy atom. The molecule has 2 atom stereocenters. The van der Waals surface area contributed by atoms with Crippen LogP contribution >= 0.6 is 70.4 Å². The first-order valence-electron chi connectivity index (χ1n) is 9.28. The van der Waals surface area contributed by atoms with E-state index >= 15 is 0 Å². The standard InChI is InChI=1S/C22H29ClN2O.2BrH.2ClH/c1-22(2,3)17-8-9-20(26-4)16(12-17)14-25-19-10-11-24-21(19)15-6-5-7-18(23)13-15;;;;/h5-9,12-13,19,21,24-25H,10-11,14H2,1-4H3;4*1H/t19-,21-;;;;/m0..../s1. The van der Waals surface area contributed by atoms with Gasteiger partial charge in [-0.25, -0.2) is 0 Å². The lowest BCUT2D eigenvalue weighted by Gasteiger charge is -2.24. The van der Waals surface area contributed by atoms with Gasteiger partial charge in [-0.1, -0.05) is 56.6 Å². The van der Waals surface area contributed by atoms with E-state index in [0.29, 0.717) is 6.04 Å². The molecular weight excluding hydrogens is 574 g/mol. The molecular formula is C22H33Br2Cl3N2O. The second-order valence-electron chi connectivity index (χ2n) is 8.04. The highest BCUT2D eigenvalue weighted by Crippen LogP contribution is 2.30. The Morgan fingerprint density at radius 1 is 1.10 bits per heavy atom. The average molecular weight is 608 g/mol. The lowest BCUT2D eigenvalue weighted by Crippen LogP contribution is -2.34. The molecule has 3 rings (SSSR count). The van der Waals surface area contributed by atoms with Crippen molar-refractivity contribution in [2.24, 2.45) is 0 Å². The summed E-state index contributed by atoms with van der Waals surface area (Å²) in [6, 6.07) is 15.3.